The number of hydrogen-bond donors (Lipinski definition) is 1. The second-order valence-electron chi connectivity index (χ2n) is 13.1. The summed E-state index contributed by atoms with van der Waals surface area (Å²) in [7, 11) is -4.16. The van der Waals surface area contributed by atoms with Crippen molar-refractivity contribution in [2.75, 3.05) is 11.3 Å². The van der Waals surface area contributed by atoms with Crippen LogP contribution in [0.2, 0.25) is 0 Å². The fraction of sp³-hybridized carbons (Fsp3) is 0.382. The highest BCUT2D eigenvalue weighted by Crippen LogP contribution is 2.31. The Morgan fingerprint density at radius 1 is 1.00 bits per heavy atom. The molecule has 45 heavy (non-hydrogen) atoms. The van der Waals surface area contributed by atoms with E-state index in [0.29, 0.717) is 17.9 Å². The van der Waals surface area contributed by atoms with Crippen LogP contribution in [-0.2, 0) is 16.6 Å². The van der Waals surface area contributed by atoms with Gasteiger partial charge in [0.05, 0.1) is 23.2 Å². The highest BCUT2D eigenvalue weighted by Gasteiger charge is 2.32. The molecule has 0 saturated heterocycles. The minimum atomic E-state index is -4.16. The van der Waals surface area contributed by atoms with Gasteiger partial charge < -0.3 is 9.64 Å². The molecule has 1 N–H and O–H groups in total. The number of carbonyl (C=O) groups excluding carboxylic acids is 1. The molecular weight excluding hydrogens is 588 g/mol. The molecule has 2 aromatic heterocycles. The summed E-state index contributed by atoms with van der Waals surface area (Å²) in [6, 6.07) is 13.2. The van der Waals surface area contributed by atoms with E-state index in [0.717, 1.165) is 22.3 Å². The van der Waals surface area contributed by atoms with Crippen LogP contribution >= 0.6 is 0 Å². The molecule has 0 saturated carbocycles. The van der Waals surface area contributed by atoms with Gasteiger partial charge in [-0.3, -0.25) is 4.79 Å². The van der Waals surface area contributed by atoms with Crippen LogP contribution in [0.25, 0.3) is 11.3 Å². The van der Waals surface area contributed by atoms with Crippen molar-refractivity contribution < 1.29 is 17.9 Å². The zero-order valence-corrected chi connectivity index (χ0v) is 27.6. The third-order valence-electron chi connectivity index (χ3n) is 7.73. The normalized spacial score (nSPS) is 16.7. The Balaban J connectivity index is 1.66. The summed E-state index contributed by atoms with van der Waals surface area (Å²) >= 11 is 0. The van der Waals surface area contributed by atoms with Crippen LogP contribution in [0.15, 0.2) is 65.8 Å². The molecule has 236 valence electrons. The third-order valence-corrected chi connectivity index (χ3v) is 9.06. The molecule has 2 aromatic carbocycles. The Morgan fingerprint density at radius 3 is 2.31 bits per heavy atom. The molecule has 11 heteroatoms. The summed E-state index contributed by atoms with van der Waals surface area (Å²) < 4.78 is 36.0. The summed E-state index contributed by atoms with van der Waals surface area (Å²) in [5.41, 5.74) is 4.37. The second-order valence-corrected chi connectivity index (χ2v) is 14.7. The van der Waals surface area contributed by atoms with Crippen molar-refractivity contribution >= 4 is 21.9 Å². The molecule has 10 nitrogen and oxygen atoms in total. The Hall–Kier alpha value is -4.38. The van der Waals surface area contributed by atoms with Crippen LogP contribution in [0.4, 0.5) is 5.95 Å². The molecule has 0 radical (unpaired) electrons. The number of amides is 1. The summed E-state index contributed by atoms with van der Waals surface area (Å²) in [4.78, 5) is 34.0. The fourth-order valence-corrected chi connectivity index (χ4v) is 6.43. The topological polar surface area (TPSA) is 127 Å². The van der Waals surface area contributed by atoms with Crippen molar-refractivity contribution in [1.82, 2.24) is 24.8 Å². The molecule has 4 aromatic rings. The highest BCUT2D eigenvalue weighted by molar-refractivity contribution is 7.92. The molecule has 0 fully saturated rings. The SMILES string of the molecule is Cc1cccc(C)c1-c1cc2nc(n1)NS(=O)(=O)c1cccc(c1)C(=O)N(Cc1ncc(C(C)C)cn1)[C@H](CC(C)(C)C)CO2. The standard InChI is InChI=1S/C34H40N6O4S/c1-21(2)25-17-35-29(36-18-25)19-40-26(16-34(5,6)7)20-44-30-15-28(31-22(3)10-8-11-23(31)4)37-33(38-30)39-45(42,43)27-13-9-12-24(14-27)32(40)41/h8-15,17-18,21,26H,16,19-20H2,1-7H3,(H,37,38,39)/t26-/m1/s1. The van der Waals surface area contributed by atoms with E-state index in [1.54, 1.807) is 35.5 Å². The van der Waals surface area contributed by atoms with Crippen LogP contribution in [0.3, 0.4) is 0 Å². The molecule has 3 heterocycles. The summed E-state index contributed by atoms with van der Waals surface area (Å²) in [5, 5.41) is 0. The van der Waals surface area contributed by atoms with Gasteiger partial charge in [0.1, 0.15) is 12.4 Å². The number of ether oxygens (including phenoxy) is 1. The predicted octanol–water partition coefficient (Wildman–Crippen LogP) is 6.31. The summed E-state index contributed by atoms with van der Waals surface area (Å²) in [6.07, 6.45) is 4.15. The van der Waals surface area contributed by atoms with Gasteiger partial charge in [0.15, 0.2) is 0 Å². The second kappa shape index (κ2) is 12.5. The minimum absolute atomic E-state index is 0.0824. The van der Waals surface area contributed by atoms with Crippen molar-refractivity contribution in [1.29, 1.82) is 0 Å². The Labute approximate surface area is 265 Å². The van der Waals surface area contributed by atoms with E-state index in [1.807, 2.05) is 32.0 Å². The summed E-state index contributed by atoms with van der Waals surface area (Å²) in [6.45, 7) is 14.6. The molecule has 0 unspecified atom stereocenters. The van der Waals surface area contributed by atoms with Gasteiger partial charge in [0.2, 0.25) is 11.8 Å². The third kappa shape index (κ3) is 7.47. The first kappa shape index (κ1) is 32.0. The monoisotopic (exact) mass is 628 g/mol. The molecule has 1 aliphatic heterocycles. The molecule has 1 aliphatic rings. The number of aromatic nitrogens is 4. The van der Waals surface area contributed by atoms with Gasteiger partial charge in [-0.25, -0.2) is 28.1 Å². The maximum atomic E-state index is 14.3. The van der Waals surface area contributed by atoms with Crippen molar-refractivity contribution in [2.45, 2.75) is 78.3 Å². The first-order chi connectivity index (χ1) is 21.2. The number of aryl methyl sites for hydroxylation is 2. The average Bonchev–Trinajstić information content (AvgIpc) is 2.97. The van der Waals surface area contributed by atoms with Crippen LogP contribution in [-0.4, -0.2) is 51.8 Å². The van der Waals surface area contributed by atoms with Crippen LogP contribution in [0.5, 0.6) is 5.88 Å². The van der Waals surface area contributed by atoms with Gasteiger partial charge in [-0.05, 0) is 66.5 Å². The number of hydrogen-bond acceptors (Lipinski definition) is 8. The average molecular weight is 629 g/mol. The number of sulfonamides is 1. The van der Waals surface area contributed by atoms with E-state index in [4.69, 9.17) is 4.74 Å². The fourth-order valence-electron chi connectivity index (χ4n) is 5.44. The van der Waals surface area contributed by atoms with Crippen LogP contribution in [0, 0.1) is 19.3 Å². The zero-order valence-electron chi connectivity index (χ0n) is 26.8. The number of nitrogens with one attached hydrogen (secondary N) is 1. The van der Waals surface area contributed by atoms with Crippen molar-refractivity contribution in [3.63, 3.8) is 0 Å². The lowest BCUT2D eigenvalue weighted by molar-refractivity contribution is 0.0505. The van der Waals surface area contributed by atoms with Gasteiger partial charge in [0.25, 0.3) is 15.9 Å². The molecule has 5 rings (SSSR count). The smallest absolute Gasteiger partial charge is 0.264 e. The number of anilines is 1. The highest BCUT2D eigenvalue weighted by atomic mass is 32.2. The first-order valence-electron chi connectivity index (χ1n) is 15.0. The van der Waals surface area contributed by atoms with Crippen molar-refractivity contribution in [3.8, 4) is 17.1 Å². The maximum Gasteiger partial charge on any atom is 0.264 e. The lowest BCUT2D eigenvalue weighted by Gasteiger charge is -2.35. The Kier molecular flexibility index (Phi) is 8.93. The Bertz CT molecular complexity index is 1800. The van der Waals surface area contributed by atoms with Crippen molar-refractivity contribution in [2.24, 2.45) is 5.41 Å². The molecule has 0 spiro atoms. The van der Waals surface area contributed by atoms with E-state index in [1.165, 1.54) is 12.1 Å². The zero-order chi connectivity index (χ0) is 32.5. The van der Waals surface area contributed by atoms with Gasteiger partial charge in [0, 0.05) is 29.6 Å². The first-order valence-corrected chi connectivity index (χ1v) is 16.5. The predicted molar refractivity (Wildman–Crippen MR) is 174 cm³/mol. The van der Waals surface area contributed by atoms with Gasteiger partial charge in [-0.1, -0.05) is 58.9 Å². The van der Waals surface area contributed by atoms with E-state index in [2.05, 4.69) is 59.3 Å². The van der Waals surface area contributed by atoms with E-state index < -0.39 is 16.1 Å². The van der Waals surface area contributed by atoms with Gasteiger partial charge in [-0.15, -0.1) is 0 Å². The Morgan fingerprint density at radius 2 is 1.67 bits per heavy atom. The molecule has 0 aliphatic carbocycles. The number of nitrogens with zero attached hydrogens (tertiary/aromatic N) is 5. The van der Waals surface area contributed by atoms with E-state index >= 15 is 0 Å². The summed E-state index contributed by atoms with van der Waals surface area (Å²) in [5.74, 6) is 0.453. The molecular formula is C34H40N6O4S. The molecule has 4 bridgehead atoms. The van der Waals surface area contributed by atoms with Crippen LogP contribution in [0.1, 0.15) is 79.8 Å². The molecule has 1 atom stereocenters. The lowest BCUT2D eigenvalue weighted by Crippen LogP contribution is -2.45. The maximum absolute atomic E-state index is 14.3. The largest absolute Gasteiger partial charge is 0.475 e. The van der Waals surface area contributed by atoms with E-state index in [9.17, 15) is 13.2 Å². The number of benzene rings is 2. The van der Waals surface area contributed by atoms with Crippen LogP contribution < -0.4 is 9.46 Å². The number of rotatable bonds is 5. The molecule has 1 amide bonds. The number of carbonyl (C=O) groups is 1. The lowest BCUT2D eigenvalue weighted by atomic mass is 9.87. The van der Waals surface area contributed by atoms with Gasteiger partial charge >= 0.3 is 0 Å². The van der Waals surface area contributed by atoms with Gasteiger partial charge in [-0.2, -0.15) is 4.98 Å². The van der Waals surface area contributed by atoms with E-state index in [-0.39, 0.29) is 52.7 Å². The minimum Gasteiger partial charge on any atom is -0.475 e. The number of fused-ring (bicyclic) bond motifs is 4. The quantitative estimate of drug-likeness (QED) is 0.272. The van der Waals surface area contributed by atoms with Crippen molar-refractivity contribution in [3.05, 3.63) is 89.0 Å².